The van der Waals surface area contributed by atoms with E-state index in [1.165, 1.54) is 12.1 Å². The van der Waals surface area contributed by atoms with Gasteiger partial charge in [-0.1, -0.05) is 6.07 Å². The summed E-state index contributed by atoms with van der Waals surface area (Å²) in [5.41, 5.74) is 1.94. The summed E-state index contributed by atoms with van der Waals surface area (Å²) in [5, 5.41) is 3.32. The lowest BCUT2D eigenvalue weighted by molar-refractivity contribution is -0.143. The van der Waals surface area contributed by atoms with Crippen molar-refractivity contribution in [2.75, 3.05) is 7.11 Å². The molecule has 2 aromatic rings. The number of fused-ring (bicyclic) bond motifs is 1. The van der Waals surface area contributed by atoms with Gasteiger partial charge in [0.05, 0.1) is 7.11 Å². The maximum atomic E-state index is 14.3. The number of halogens is 2. The molecular formula is C20H18F2N2O2. The highest BCUT2D eigenvalue weighted by Crippen LogP contribution is 2.43. The van der Waals surface area contributed by atoms with Crippen LogP contribution in [-0.2, 0) is 4.79 Å². The SMILES string of the molecule is COc1ccc(C2=CC(=O)N3C(C)C(c4ccc(F)cc4F)C3N2)cc1. The number of amides is 1. The molecule has 1 saturated heterocycles. The Labute approximate surface area is 150 Å². The fraction of sp³-hybridized carbons (Fsp3) is 0.250. The normalized spacial score (nSPS) is 24.3. The van der Waals surface area contributed by atoms with Crippen molar-refractivity contribution in [2.24, 2.45) is 0 Å². The van der Waals surface area contributed by atoms with Crippen LogP contribution in [0.25, 0.3) is 5.70 Å². The molecule has 0 bridgehead atoms. The molecule has 4 rings (SSSR count). The van der Waals surface area contributed by atoms with Crippen LogP contribution in [0.2, 0.25) is 0 Å². The first-order chi connectivity index (χ1) is 12.5. The molecule has 2 aliphatic heterocycles. The van der Waals surface area contributed by atoms with Crippen molar-refractivity contribution in [1.82, 2.24) is 10.2 Å². The molecule has 2 aromatic carbocycles. The van der Waals surface area contributed by atoms with E-state index in [2.05, 4.69) is 5.32 Å². The van der Waals surface area contributed by atoms with E-state index in [1.54, 1.807) is 18.1 Å². The topological polar surface area (TPSA) is 41.6 Å². The number of benzene rings is 2. The van der Waals surface area contributed by atoms with E-state index < -0.39 is 11.6 Å². The van der Waals surface area contributed by atoms with Gasteiger partial charge in [0.25, 0.3) is 5.91 Å². The van der Waals surface area contributed by atoms with Gasteiger partial charge in [-0.2, -0.15) is 0 Å². The second kappa shape index (κ2) is 6.12. The minimum atomic E-state index is -0.610. The summed E-state index contributed by atoms with van der Waals surface area (Å²) in [6, 6.07) is 10.8. The Morgan fingerprint density at radius 2 is 1.85 bits per heavy atom. The van der Waals surface area contributed by atoms with Crippen LogP contribution in [0.15, 0.2) is 48.5 Å². The molecule has 3 atom stereocenters. The van der Waals surface area contributed by atoms with E-state index >= 15 is 0 Å². The van der Waals surface area contributed by atoms with E-state index in [-0.39, 0.29) is 24.0 Å². The third-order valence-electron chi connectivity index (χ3n) is 5.15. The lowest BCUT2D eigenvalue weighted by Gasteiger charge is -2.56. The van der Waals surface area contributed by atoms with Crippen LogP contribution in [-0.4, -0.2) is 30.1 Å². The molecule has 0 aliphatic carbocycles. The van der Waals surface area contributed by atoms with Crippen molar-refractivity contribution in [3.8, 4) is 5.75 Å². The molecule has 134 valence electrons. The van der Waals surface area contributed by atoms with Gasteiger partial charge in [-0.05, 0) is 48.4 Å². The number of carbonyl (C=O) groups is 1. The van der Waals surface area contributed by atoms with Gasteiger partial charge in [-0.15, -0.1) is 0 Å². The Bertz CT molecular complexity index is 895. The van der Waals surface area contributed by atoms with Gasteiger partial charge in [-0.25, -0.2) is 8.78 Å². The number of nitrogens with zero attached hydrogens (tertiary/aromatic N) is 1. The molecule has 26 heavy (non-hydrogen) atoms. The molecule has 0 saturated carbocycles. The summed E-state index contributed by atoms with van der Waals surface area (Å²) in [5.74, 6) is -0.841. The minimum absolute atomic E-state index is 0.120. The van der Waals surface area contributed by atoms with Gasteiger partial charge in [0.2, 0.25) is 0 Å². The zero-order valence-corrected chi connectivity index (χ0v) is 14.4. The van der Waals surface area contributed by atoms with Crippen LogP contribution >= 0.6 is 0 Å². The monoisotopic (exact) mass is 356 g/mol. The zero-order chi connectivity index (χ0) is 18.4. The highest BCUT2D eigenvalue weighted by atomic mass is 19.1. The van der Waals surface area contributed by atoms with E-state index in [0.29, 0.717) is 11.3 Å². The Kier molecular flexibility index (Phi) is 3.90. The van der Waals surface area contributed by atoms with Gasteiger partial charge < -0.3 is 15.0 Å². The average Bonchev–Trinajstić information content (AvgIpc) is 2.63. The zero-order valence-electron chi connectivity index (χ0n) is 14.4. The molecule has 2 aliphatic rings. The smallest absolute Gasteiger partial charge is 0.250 e. The third kappa shape index (κ3) is 2.53. The standard InChI is InChI=1S/C20H18F2N2O2/c1-11-19(15-8-5-13(21)9-16(15)22)20-23-17(10-18(25)24(11)20)12-3-6-14(26-2)7-4-12/h3-11,19-20,23H,1-2H3. The van der Waals surface area contributed by atoms with Crippen molar-refractivity contribution < 1.29 is 18.3 Å². The van der Waals surface area contributed by atoms with Gasteiger partial charge in [-0.3, -0.25) is 4.79 Å². The fourth-order valence-electron chi connectivity index (χ4n) is 3.80. The van der Waals surface area contributed by atoms with Crippen LogP contribution in [0.3, 0.4) is 0 Å². The Hall–Kier alpha value is -2.89. The first-order valence-corrected chi connectivity index (χ1v) is 8.39. The molecule has 6 heteroatoms. The number of nitrogens with one attached hydrogen (secondary N) is 1. The molecule has 0 radical (unpaired) electrons. The molecule has 1 amide bonds. The number of hydrogen-bond donors (Lipinski definition) is 1. The van der Waals surface area contributed by atoms with Crippen molar-refractivity contribution in [1.29, 1.82) is 0 Å². The summed E-state index contributed by atoms with van der Waals surface area (Å²) < 4.78 is 32.6. The quantitative estimate of drug-likeness (QED) is 0.918. The van der Waals surface area contributed by atoms with Crippen LogP contribution in [0, 0.1) is 11.6 Å². The molecule has 1 N–H and O–H groups in total. The van der Waals surface area contributed by atoms with Crippen LogP contribution < -0.4 is 10.1 Å². The Morgan fingerprint density at radius 3 is 2.50 bits per heavy atom. The second-order valence-corrected chi connectivity index (χ2v) is 6.55. The van der Waals surface area contributed by atoms with Crippen molar-refractivity contribution in [2.45, 2.75) is 25.0 Å². The molecule has 3 unspecified atom stereocenters. The summed E-state index contributed by atoms with van der Waals surface area (Å²) in [6.45, 7) is 1.87. The van der Waals surface area contributed by atoms with Gasteiger partial charge >= 0.3 is 0 Å². The fourth-order valence-corrected chi connectivity index (χ4v) is 3.80. The molecule has 1 fully saturated rings. The minimum Gasteiger partial charge on any atom is -0.497 e. The second-order valence-electron chi connectivity index (χ2n) is 6.55. The summed E-state index contributed by atoms with van der Waals surface area (Å²) in [7, 11) is 1.59. The highest BCUT2D eigenvalue weighted by Gasteiger charge is 2.51. The van der Waals surface area contributed by atoms with E-state index in [4.69, 9.17) is 4.74 Å². The lowest BCUT2D eigenvalue weighted by atomic mass is 9.78. The predicted molar refractivity (Wildman–Crippen MR) is 93.3 cm³/mol. The predicted octanol–water partition coefficient (Wildman–Crippen LogP) is 3.26. The summed E-state index contributed by atoms with van der Waals surface area (Å²) >= 11 is 0. The Balaban J connectivity index is 1.64. The van der Waals surface area contributed by atoms with Crippen molar-refractivity contribution in [3.05, 3.63) is 71.3 Å². The summed E-state index contributed by atoms with van der Waals surface area (Å²) in [6.07, 6.45) is 1.19. The summed E-state index contributed by atoms with van der Waals surface area (Å²) in [4.78, 5) is 14.2. The molecule has 0 spiro atoms. The number of methoxy groups -OCH3 is 1. The van der Waals surface area contributed by atoms with Crippen LogP contribution in [0.4, 0.5) is 8.78 Å². The number of hydrogen-bond acceptors (Lipinski definition) is 3. The van der Waals surface area contributed by atoms with Crippen molar-refractivity contribution >= 4 is 11.6 Å². The highest BCUT2D eigenvalue weighted by molar-refractivity contribution is 5.98. The first kappa shape index (κ1) is 16.6. The largest absolute Gasteiger partial charge is 0.497 e. The van der Waals surface area contributed by atoms with Gasteiger partial charge in [0, 0.05) is 29.8 Å². The molecule has 0 aromatic heterocycles. The number of ether oxygens (including phenoxy) is 1. The average molecular weight is 356 g/mol. The van der Waals surface area contributed by atoms with Gasteiger partial charge in [0.1, 0.15) is 23.5 Å². The maximum Gasteiger partial charge on any atom is 0.250 e. The Morgan fingerprint density at radius 1 is 1.12 bits per heavy atom. The lowest BCUT2D eigenvalue weighted by Crippen LogP contribution is -2.69. The first-order valence-electron chi connectivity index (χ1n) is 8.39. The molecular weight excluding hydrogens is 338 g/mol. The van der Waals surface area contributed by atoms with Crippen LogP contribution in [0.1, 0.15) is 24.0 Å². The van der Waals surface area contributed by atoms with E-state index in [1.807, 2.05) is 31.2 Å². The number of carbonyl (C=O) groups excluding carboxylic acids is 1. The van der Waals surface area contributed by atoms with E-state index in [9.17, 15) is 13.6 Å². The molecule has 2 heterocycles. The third-order valence-corrected chi connectivity index (χ3v) is 5.15. The number of rotatable bonds is 3. The van der Waals surface area contributed by atoms with Gasteiger partial charge in [0.15, 0.2) is 0 Å². The van der Waals surface area contributed by atoms with E-state index in [0.717, 1.165) is 17.4 Å². The van der Waals surface area contributed by atoms with Crippen molar-refractivity contribution in [3.63, 3.8) is 0 Å². The maximum absolute atomic E-state index is 14.3. The molecule has 4 nitrogen and oxygen atoms in total. The van der Waals surface area contributed by atoms with Crippen LogP contribution in [0.5, 0.6) is 5.75 Å².